The lowest BCUT2D eigenvalue weighted by Crippen LogP contribution is -2.25. The number of carbonyl (C=O) groups excluding carboxylic acids is 1. The van der Waals surface area contributed by atoms with Crippen LogP contribution in [-0.4, -0.2) is 22.0 Å². The molecule has 20 heavy (non-hydrogen) atoms. The van der Waals surface area contributed by atoms with Crippen LogP contribution < -0.4 is 5.32 Å². The van der Waals surface area contributed by atoms with Gasteiger partial charge in [-0.3, -0.25) is 4.79 Å². The molecule has 0 aliphatic heterocycles. The Balaban J connectivity index is 2.08. The number of halogens is 1. The number of aromatic nitrogens is 1. The first kappa shape index (κ1) is 15.1. The van der Waals surface area contributed by atoms with Gasteiger partial charge in [-0.25, -0.2) is 9.78 Å². The molecule has 106 valence electrons. The fraction of sp³-hybridized carbons (Fsp3) is 0.250. The van der Waals surface area contributed by atoms with Crippen LogP contribution in [0.5, 0.6) is 0 Å². The molecule has 0 saturated carbocycles. The molecule has 2 aromatic heterocycles. The molecule has 5 nitrogen and oxygen atoms in total. The lowest BCUT2D eigenvalue weighted by atomic mass is 10.3. The number of carbonyl (C=O) groups is 2. The third-order valence-electron chi connectivity index (χ3n) is 2.53. The highest BCUT2D eigenvalue weighted by Gasteiger charge is 2.18. The highest BCUT2D eigenvalue weighted by molar-refractivity contribution is 9.10. The molecule has 1 unspecified atom stereocenters. The van der Waals surface area contributed by atoms with E-state index in [2.05, 4.69) is 26.2 Å². The van der Waals surface area contributed by atoms with Gasteiger partial charge in [-0.05, 0) is 35.8 Å². The van der Waals surface area contributed by atoms with Crippen LogP contribution in [0.15, 0.2) is 16.7 Å². The highest BCUT2D eigenvalue weighted by Crippen LogP contribution is 2.27. The topological polar surface area (TPSA) is 79.3 Å². The molecule has 0 spiro atoms. The van der Waals surface area contributed by atoms with E-state index < -0.39 is 5.97 Å². The number of aromatic carboxylic acids is 1. The fourth-order valence-electron chi connectivity index (χ4n) is 1.49. The Morgan fingerprint density at radius 3 is 2.60 bits per heavy atom. The van der Waals surface area contributed by atoms with E-state index in [9.17, 15) is 9.59 Å². The molecule has 2 heterocycles. The molecule has 1 amide bonds. The van der Waals surface area contributed by atoms with Crippen molar-refractivity contribution >= 4 is 50.5 Å². The van der Waals surface area contributed by atoms with Crippen molar-refractivity contribution in [2.45, 2.75) is 19.9 Å². The zero-order valence-corrected chi connectivity index (χ0v) is 13.9. The summed E-state index contributed by atoms with van der Waals surface area (Å²) in [5, 5.41) is 12.2. The van der Waals surface area contributed by atoms with Crippen molar-refractivity contribution in [1.82, 2.24) is 10.3 Å². The van der Waals surface area contributed by atoms with E-state index in [-0.39, 0.29) is 16.8 Å². The van der Waals surface area contributed by atoms with Crippen LogP contribution in [0, 0.1) is 6.92 Å². The van der Waals surface area contributed by atoms with E-state index in [1.54, 1.807) is 13.0 Å². The Morgan fingerprint density at radius 2 is 2.10 bits per heavy atom. The summed E-state index contributed by atoms with van der Waals surface area (Å²) in [6, 6.07) is 1.44. The van der Waals surface area contributed by atoms with Gasteiger partial charge in [0.15, 0.2) is 0 Å². The van der Waals surface area contributed by atoms with Gasteiger partial charge in [0.1, 0.15) is 9.88 Å². The minimum atomic E-state index is -1.01. The van der Waals surface area contributed by atoms with Crippen molar-refractivity contribution in [3.8, 4) is 0 Å². The van der Waals surface area contributed by atoms with Crippen LogP contribution in [0.4, 0.5) is 0 Å². The average molecular weight is 375 g/mol. The monoisotopic (exact) mass is 374 g/mol. The van der Waals surface area contributed by atoms with E-state index in [0.29, 0.717) is 9.88 Å². The normalized spacial score (nSPS) is 12.2. The summed E-state index contributed by atoms with van der Waals surface area (Å²) in [4.78, 5) is 28.7. The van der Waals surface area contributed by atoms with Gasteiger partial charge in [0.05, 0.1) is 17.1 Å². The number of carboxylic acid groups (broad SMARTS) is 1. The molecule has 0 radical (unpaired) electrons. The molecule has 0 aliphatic carbocycles. The standard InChI is InChI=1S/C12H11BrN2O3S2/c1-5(11-14-4-9(20-11)12(17)18)15-10(16)8-3-7(13)6(2)19-8/h3-5H,1-2H3,(H,15,16)(H,17,18). The molecule has 1 atom stereocenters. The van der Waals surface area contributed by atoms with Crippen LogP contribution in [0.25, 0.3) is 0 Å². The summed E-state index contributed by atoms with van der Waals surface area (Å²) >= 11 is 5.83. The summed E-state index contributed by atoms with van der Waals surface area (Å²) in [5.41, 5.74) is 0. The van der Waals surface area contributed by atoms with E-state index in [4.69, 9.17) is 5.11 Å². The van der Waals surface area contributed by atoms with Gasteiger partial charge in [0.25, 0.3) is 5.91 Å². The number of nitrogens with one attached hydrogen (secondary N) is 1. The Hall–Kier alpha value is -1.25. The number of amides is 1. The molecule has 0 fully saturated rings. The van der Waals surface area contributed by atoms with Gasteiger partial charge in [-0.1, -0.05) is 0 Å². The second-order valence-electron chi connectivity index (χ2n) is 4.08. The van der Waals surface area contributed by atoms with Crippen LogP contribution in [0.1, 0.15) is 42.2 Å². The first-order valence-corrected chi connectivity index (χ1v) is 8.07. The smallest absolute Gasteiger partial charge is 0.347 e. The summed E-state index contributed by atoms with van der Waals surface area (Å²) in [7, 11) is 0. The van der Waals surface area contributed by atoms with Gasteiger partial charge in [0, 0.05) is 9.35 Å². The first-order chi connectivity index (χ1) is 9.38. The zero-order valence-electron chi connectivity index (χ0n) is 10.6. The van der Waals surface area contributed by atoms with E-state index in [0.717, 1.165) is 20.7 Å². The maximum atomic E-state index is 12.1. The average Bonchev–Trinajstić information content (AvgIpc) is 2.97. The Bertz CT molecular complexity index is 646. The molecular weight excluding hydrogens is 364 g/mol. The Kier molecular flexibility index (Phi) is 4.56. The maximum Gasteiger partial charge on any atom is 0.347 e. The number of nitrogens with zero attached hydrogens (tertiary/aromatic N) is 1. The van der Waals surface area contributed by atoms with E-state index in [1.807, 2.05) is 6.92 Å². The van der Waals surface area contributed by atoms with E-state index >= 15 is 0 Å². The second kappa shape index (κ2) is 6.02. The molecule has 0 saturated heterocycles. The third kappa shape index (κ3) is 3.25. The van der Waals surface area contributed by atoms with Crippen LogP contribution in [-0.2, 0) is 0 Å². The van der Waals surface area contributed by atoms with Crippen molar-refractivity contribution in [2.75, 3.05) is 0 Å². The SMILES string of the molecule is Cc1sc(C(=O)NC(C)c2ncc(C(=O)O)s2)cc1Br. The molecule has 0 aromatic carbocycles. The Morgan fingerprint density at radius 1 is 1.40 bits per heavy atom. The molecule has 2 N–H and O–H groups in total. The largest absolute Gasteiger partial charge is 0.477 e. The summed E-state index contributed by atoms with van der Waals surface area (Å²) in [5.74, 6) is -1.20. The number of carboxylic acids is 1. The number of thiophene rings is 1. The van der Waals surface area contributed by atoms with Crippen molar-refractivity contribution in [2.24, 2.45) is 0 Å². The fourth-order valence-corrected chi connectivity index (χ4v) is 3.69. The lowest BCUT2D eigenvalue weighted by Gasteiger charge is -2.09. The van der Waals surface area contributed by atoms with Crippen LogP contribution >= 0.6 is 38.6 Å². The molecule has 0 bridgehead atoms. The maximum absolute atomic E-state index is 12.1. The van der Waals surface area contributed by atoms with Crippen molar-refractivity contribution in [1.29, 1.82) is 0 Å². The predicted octanol–water partition coefficient (Wildman–Crippen LogP) is 3.46. The Labute approximate surface area is 131 Å². The van der Waals surface area contributed by atoms with Crippen molar-refractivity contribution in [3.63, 3.8) is 0 Å². The second-order valence-corrected chi connectivity index (χ2v) is 7.25. The number of hydrogen-bond acceptors (Lipinski definition) is 5. The van der Waals surface area contributed by atoms with Gasteiger partial charge in [0.2, 0.25) is 0 Å². The van der Waals surface area contributed by atoms with Crippen molar-refractivity contribution in [3.05, 3.63) is 36.4 Å². The summed E-state index contributed by atoms with van der Waals surface area (Å²) in [6.07, 6.45) is 1.30. The first-order valence-electron chi connectivity index (χ1n) is 5.64. The van der Waals surface area contributed by atoms with Gasteiger partial charge in [-0.15, -0.1) is 22.7 Å². The van der Waals surface area contributed by atoms with Crippen LogP contribution in [0.2, 0.25) is 0 Å². The minimum absolute atomic E-state index is 0.163. The molecular formula is C12H11BrN2O3S2. The van der Waals surface area contributed by atoms with E-state index in [1.165, 1.54) is 17.5 Å². The molecule has 0 aliphatic rings. The highest BCUT2D eigenvalue weighted by atomic mass is 79.9. The quantitative estimate of drug-likeness (QED) is 0.858. The number of rotatable bonds is 4. The minimum Gasteiger partial charge on any atom is -0.477 e. The zero-order chi connectivity index (χ0) is 14.9. The molecule has 8 heteroatoms. The summed E-state index contributed by atoms with van der Waals surface area (Å²) in [6.45, 7) is 3.70. The van der Waals surface area contributed by atoms with Crippen LogP contribution in [0.3, 0.4) is 0 Å². The molecule has 2 rings (SSSR count). The van der Waals surface area contributed by atoms with Gasteiger partial charge in [-0.2, -0.15) is 0 Å². The number of aryl methyl sites for hydroxylation is 1. The van der Waals surface area contributed by atoms with Gasteiger partial charge < -0.3 is 10.4 Å². The third-order valence-corrected chi connectivity index (χ3v) is 5.84. The van der Waals surface area contributed by atoms with Gasteiger partial charge >= 0.3 is 5.97 Å². The lowest BCUT2D eigenvalue weighted by molar-refractivity contribution is 0.0701. The van der Waals surface area contributed by atoms with Crippen molar-refractivity contribution < 1.29 is 14.7 Å². The summed E-state index contributed by atoms with van der Waals surface area (Å²) < 4.78 is 0.905. The molecule has 2 aromatic rings. The predicted molar refractivity (Wildman–Crippen MR) is 81.7 cm³/mol. The number of thiazole rings is 1. The number of hydrogen-bond donors (Lipinski definition) is 2.